The normalized spacial score (nSPS) is 11.3. The Bertz CT molecular complexity index is 695. The van der Waals surface area contributed by atoms with E-state index in [1.807, 2.05) is 6.21 Å². The number of nitrogens with zero attached hydrogens (tertiary/aromatic N) is 2. The van der Waals surface area contributed by atoms with Crippen molar-refractivity contribution in [1.82, 2.24) is 0 Å². The van der Waals surface area contributed by atoms with Crippen LogP contribution in [0.3, 0.4) is 0 Å². The minimum Gasteiger partial charge on any atom is -0.369 e. The third-order valence-electron chi connectivity index (χ3n) is 4.23. The Labute approximate surface area is 140 Å². The highest BCUT2D eigenvalue weighted by molar-refractivity contribution is 5.73. The van der Waals surface area contributed by atoms with Crippen molar-refractivity contribution in [3.05, 3.63) is 57.6 Å². The number of rotatable bonds is 4. The van der Waals surface area contributed by atoms with Crippen molar-refractivity contribution < 1.29 is 0 Å². The van der Waals surface area contributed by atoms with Gasteiger partial charge in [-0.1, -0.05) is 35.4 Å². The van der Waals surface area contributed by atoms with Gasteiger partial charge >= 0.3 is 0 Å². The number of anilines is 1. The van der Waals surface area contributed by atoms with Crippen LogP contribution in [0.5, 0.6) is 0 Å². The molecule has 0 spiro atoms. The van der Waals surface area contributed by atoms with Gasteiger partial charge in [0.1, 0.15) is 0 Å². The minimum atomic E-state index is 0.803. The summed E-state index contributed by atoms with van der Waals surface area (Å²) < 4.78 is 0. The van der Waals surface area contributed by atoms with Crippen LogP contribution in [0.15, 0.2) is 29.3 Å². The summed E-state index contributed by atoms with van der Waals surface area (Å²) in [5, 5.41) is 0. The van der Waals surface area contributed by atoms with Crippen molar-refractivity contribution in [3.63, 3.8) is 0 Å². The fourth-order valence-corrected chi connectivity index (χ4v) is 3.50. The predicted molar refractivity (Wildman–Crippen MR) is 103 cm³/mol. The Hall–Kier alpha value is -2.09. The molecule has 0 aromatic heterocycles. The number of hydrogen-bond acceptors (Lipinski definition) is 2. The fraction of sp³-hybridized carbons (Fsp3) is 0.381. The van der Waals surface area contributed by atoms with Crippen molar-refractivity contribution in [2.45, 2.75) is 41.5 Å². The molecule has 0 N–H and O–H groups in total. The SMILES string of the molecule is Cc1cc(C)c(N=CCN(C)c2c(C)cc(C)cc2C)c(C)c1. The highest BCUT2D eigenvalue weighted by Crippen LogP contribution is 2.26. The number of aliphatic imine (C=N–C) groups is 1. The molecule has 0 aliphatic rings. The molecular weight excluding hydrogens is 280 g/mol. The lowest BCUT2D eigenvalue weighted by Gasteiger charge is -2.22. The molecule has 0 saturated heterocycles. The van der Waals surface area contributed by atoms with Crippen LogP contribution in [0, 0.1) is 41.5 Å². The first-order chi connectivity index (χ1) is 10.8. The van der Waals surface area contributed by atoms with Crippen LogP contribution < -0.4 is 4.90 Å². The summed E-state index contributed by atoms with van der Waals surface area (Å²) in [7, 11) is 2.13. The summed E-state index contributed by atoms with van der Waals surface area (Å²) in [5.41, 5.74) is 10.1. The molecule has 0 aliphatic carbocycles. The zero-order valence-corrected chi connectivity index (χ0v) is 15.5. The highest BCUT2D eigenvalue weighted by atomic mass is 15.1. The van der Waals surface area contributed by atoms with Gasteiger partial charge in [0.2, 0.25) is 0 Å². The van der Waals surface area contributed by atoms with Crippen LogP contribution in [-0.2, 0) is 0 Å². The molecule has 2 heteroatoms. The molecular formula is C21H28N2. The van der Waals surface area contributed by atoms with E-state index in [9.17, 15) is 0 Å². The average Bonchev–Trinajstić information content (AvgIpc) is 2.40. The molecule has 0 aliphatic heterocycles. The van der Waals surface area contributed by atoms with Crippen LogP contribution in [0.4, 0.5) is 11.4 Å². The van der Waals surface area contributed by atoms with Crippen molar-refractivity contribution in [2.24, 2.45) is 4.99 Å². The number of benzene rings is 2. The molecule has 0 atom stereocenters. The first kappa shape index (κ1) is 17.3. The summed E-state index contributed by atoms with van der Waals surface area (Å²) in [5.74, 6) is 0. The lowest BCUT2D eigenvalue weighted by Crippen LogP contribution is -2.21. The Morgan fingerprint density at radius 3 is 1.70 bits per heavy atom. The van der Waals surface area contributed by atoms with E-state index in [0.29, 0.717) is 0 Å². The van der Waals surface area contributed by atoms with Crippen LogP contribution in [0.25, 0.3) is 0 Å². The van der Waals surface area contributed by atoms with E-state index in [-0.39, 0.29) is 0 Å². The fourth-order valence-electron chi connectivity index (χ4n) is 3.50. The highest BCUT2D eigenvalue weighted by Gasteiger charge is 2.08. The van der Waals surface area contributed by atoms with E-state index in [0.717, 1.165) is 12.2 Å². The van der Waals surface area contributed by atoms with Gasteiger partial charge in [-0.2, -0.15) is 0 Å². The van der Waals surface area contributed by atoms with E-state index < -0.39 is 0 Å². The second kappa shape index (κ2) is 6.99. The van der Waals surface area contributed by atoms with Gasteiger partial charge in [-0.15, -0.1) is 0 Å². The third kappa shape index (κ3) is 4.01. The molecule has 2 nitrogen and oxygen atoms in total. The molecule has 0 heterocycles. The summed E-state index contributed by atoms with van der Waals surface area (Å²) >= 11 is 0. The van der Waals surface area contributed by atoms with Crippen molar-refractivity contribution in [2.75, 3.05) is 18.5 Å². The molecule has 0 amide bonds. The summed E-state index contributed by atoms with van der Waals surface area (Å²) in [6, 6.07) is 8.86. The van der Waals surface area contributed by atoms with E-state index in [1.165, 1.54) is 39.1 Å². The topological polar surface area (TPSA) is 15.6 Å². The molecule has 0 fully saturated rings. The number of hydrogen-bond donors (Lipinski definition) is 0. The maximum atomic E-state index is 4.72. The maximum Gasteiger partial charge on any atom is 0.0684 e. The number of aryl methyl sites for hydroxylation is 6. The minimum absolute atomic E-state index is 0.803. The van der Waals surface area contributed by atoms with Gasteiger partial charge in [-0.05, 0) is 63.8 Å². The molecule has 122 valence electrons. The Balaban J connectivity index is 2.18. The third-order valence-corrected chi connectivity index (χ3v) is 4.23. The van der Waals surface area contributed by atoms with Crippen molar-refractivity contribution in [3.8, 4) is 0 Å². The largest absolute Gasteiger partial charge is 0.369 e. The molecule has 23 heavy (non-hydrogen) atoms. The smallest absolute Gasteiger partial charge is 0.0684 e. The van der Waals surface area contributed by atoms with Gasteiger partial charge in [0, 0.05) is 18.9 Å². The predicted octanol–water partition coefficient (Wildman–Crippen LogP) is 5.38. The summed E-state index contributed by atoms with van der Waals surface area (Å²) in [6.45, 7) is 13.7. The van der Waals surface area contributed by atoms with E-state index in [2.05, 4.69) is 77.8 Å². The first-order valence-corrected chi connectivity index (χ1v) is 8.19. The second-order valence-electron chi connectivity index (χ2n) is 6.69. The summed E-state index contributed by atoms with van der Waals surface area (Å²) in [4.78, 5) is 6.99. The lowest BCUT2D eigenvalue weighted by molar-refractivity contribution is 1.04. The molecule has 2 rings (SSSR count). The molecule has 0 bridgehead atoms. The average molecular weight is 308 g/mol. The Kier molecular flexibility index (Phi) is 5.25. The van der Waals surface area contributed by atoms with Gasteiger partial charge in [0.05, 0.1) is 12.2 Å². The van der Waals surface area contributed by atoms with Gasteiger partial charge in [-0.3, -0.25) is 4.99 Å². The molecule has 0 saturated carbocycles. The monoisotopic (exact) mass is 308 g/mol. The van der Waals surface area contributed by atoms with E-state index in [4.69, 9.17) is 4.99 Å². The maximum absolute atomic E-state index is 4.72. The molecule has 0 unspecified atom stereocenters. The van der Waals surface area contributed by atoms with Crippen LogP contribution in [0.2, 0.25) is 0 Å². The Morgan fingerprint density at radius 1 is 0.783 bits per heavy atom. The standard InChI is InChI=1S/C21H28N2/c1-14-10-16(3)20(17(4)11-14)22-8-9-23(7)21-18(5)12-15(2)13-19(21)6/h8,10-13H,9H2,1-7H3. The molecule has 0 radical (unpaired) electrons. The van der Waals surface area contributed by atoms with Crippen LogP contribution >= 0.6 is 0 Å². The van der Waals surface area contributed by atoms with Gasteiger partial charge in [-0.25, -0.2) is 0 Å². The quantitative estimate of drug-likeness (QED) is 0.693. The van der Waals surface area contributed by atoms with E-state index >= 15 is 0 Å². The van der Waals surface area contributed by atoms with Gasteiger partial charge < -0.3 is 4.90 Å². The first-order valence-electron chi connectivity index (χ1n) is 8.19. The van der Waals surface area contributed by atoms with Gasteiger partial charge in [0.25, 0.3) is 0 Å². The summed E-state index contributed by atoms with van der Waals surface area (Å²) in [6.07, 6.45) is 2.02. The van der Waals surface area contributed by atoms with Crippen molar-refractivity contribution in [1.29, 1.82) is 0 Å². The zero-order valence-electron chi connectivity index (χ0n) is 15.5. The van der Waals surface area contributed by atoms with E-state index in [1.54, 1.807) is 0 Å². The zero-order chi connectivity index (χ0) is 17.1. The van der Waals surface area contributed by atoms with Crippen molar-refractivity contribution >= 4 is 17.6 Å². The lowest BCUT2D eigenvalue weighted by atomic mass is 10.0. The van der Waals surface area contributed by atoms with Gasteiger partial charge in [0.15, 0.2) is 0 Å². The second-order valence-corrected chi connectivity index (χ2v) is 6.69. The Morgan fingerprint density at radius 2 is 1.22 bits per heavy atom. The molecule has 2 aromatic carbocycles. The molecule has 2 aromatic rings. The van der Waals surface area contributed by atoms with Crippen LogP contribution in [-0.4, -0.2) is 19.8 Å². The van der Waals surface area contributed by atoms with Crippen LogP contribution in [0.1, 0.15) is 33.4 Å².